The lowest BCUT2D eigenvalue weighted by atomic mass is 10.4. The van der Waals surface area contributed by atoms with Crippen molar-refractivity contribution in [3.8, 4) is 0 Å². The normalized spacial score (nSPS) is 21.7. The van der Waals surface area contributed by atoms with Gasteiger partial charge in [-0.3, -0.25) is 0 Å². The third kappa shape index (κ3) is 6.98. The summed E-state index contributed by atoms with van der Waals surface area (Å²) in [6.07, 6.45) is 4.09. The van der Waals surface area contributed by atoms with Gasteiger partial charge in [0.05, 0.1) is 48.1 Å². The maximum atomic E-state index is 5.88. The highest BCUT2D eigenvalue weighted by molar-refractivity contribution is 8.30. The summed E-state index contributed by atoms with van der Waals surface area (Å²) in [5.74, 6) is 0. The molecule has 2 unspecified atom stereocenters. The molecule has 0 aromatic carbocycles. The van der Waals surface area contributed by atoms with E-state index < -0.39 is 0 Å². The zero-order chi connectivity index (χ0) is 29.1. The van der Waals surface area contributed by atoms with Gasteiger partial charge in [-0.25, -0.2) is 0 Å². The molecule has 0 bridgehead atoms. The summed E-state index contributed by atoms with van der Waals surface area (Å²) < 4.78 is 41.8. The average molecular weight is 655 g/mol. The van der Waals surface area contributed by atoms with E-state index in [4.69, 9.17) is 28.4 Å². The van der Waals surface area contributed by atoms with E-state index in [0.29, 0.717) is 39.6 Å². The van der Waals surface area contributed by atoms with Gasteiger partial charge in [-0.2, -0.15) is 0 Å². The Morgan fingerprint density at radius 1 is 0.571 bits per heavy atom. The third-order valence-electron chi connectivity index (χ3n) is 8.05. The Balaban J connectivity index is 0.977. The van der Waals surface area contributed by atoms with Crippen LogP contribution in [0.15, 0.2) is 28.1 Å². The van der Waals surface area contributed by atoms with Crippen molar-refractivity contribution in [1.29, 1.82) is 0 Å². The molecule has 42 heavy (non-hydrogen) atoms. The summed E-state index contributed by atoms with van der Waals surface area (Å²) in [5, 5.41) is 0. The highest BCUT2D eigenvalue weighted by Crippen LogP contribution is 2.64. The zero-order valence-corrected chi connectivity index (χ0v) is 28.3. The first-order valence-electron chi connectivity index (χ1n) is 15.0. The summed E-state index contributed by atoms with van der Waals surface area (Å²) in [5.41, 5.74) is 5.34. The molecule has 2 aromatic rings. The summed E-state index contributed by atoms with van der Waals surface area (Å²) in [6.45, 7) is 16.1. The van der Waals surface area contributed by atoms with Crippen LogP contribution in [0.2, 0.25) is 0 Å². The molecule has 8 nitrogen and oxygen atoms in total. The van der Waals surface area contributed by atoms with Crippen molar-refractivity contribution in [2.45, 2.75) is 98.6 Å². The van der Waals surface area contributed by atoms with Gasteiger partial charge in [-0.15, -0.1) is 0 Å². The fraction of sp³-hybridized carbons (Fsp3) is 0.667. The maximum Gasteiger partial charge on any atom is 0.157 e. The Morgan fingerprint density at radius 2 is 0.952 bits per heavy atom. The van der Waals surface area contributed by atoms with Crippen LogP contribution in [-0.2, 0) is 41.5 Å². The Labute approximate surface area is 266 Å². The van der Waals surface area contributed by atoms with E-state index in [0.717, 1.165) is 52.0 Å². The number of thioether (sulfide) groups is 4. The molecule has 2 aromatic heterocycles. The summed E-state index contributed by atoms with van der Waals surface area (Å²) in [4.78, 5) is 5.61. The van der Waals surface area contributed by atoms with Crippen LogP contribution in [0.5, 0.6) is 0 Å². The second-order valence-electron chi connectivity index (χ2n) is 10.8. The standard InChI is InChI=1S/C30H42N2O6S4/c1-19-25-26(20(2)31(19)9-13-33-15-17-37-23-7-5-11-35-23)40-29(39-25)30-41-27-21(3)32(22(4)28(27)42-30)10-14-34-16-18-38-24-8-6-12-36-24/h23-24H,5-18H2,1-4H3. The number of ether oxygens (including phenoxy) is 6. The molecule has 4 aliphatic heterocycles. The molecule has 0 saturated carbocycles. The number of nitrogens with zero attached hydrogens (tertiary/aromatic N) is 2. The number of hydrogen-bond acceptors (Lipinski definition) is 10. The Hall–Kier alpha value is -0.540. The molecule has 2 atom stereocenters. The highest BCUT2D eigenvalue weighted by Gasteiger charge is 2.34. The minimum atomic E-state index is -0.0366. The summed E-state index contributed by atoms with van der Waals surface area (Å²) in [6, 6.07) is 0. The van der Waals surface area contributed by atoms with E-state index in [1.54, 1.807) is 0 Å². The molecule has 6 rings (SSSR count). The summed E-state index contributed by atoms with van der Waals surface area (Å²) in [7, 11) is 0. The molecule has 2 saturated heterocycles. The number of rotatable bonds is 14. The van der Waals surface area contributed by atoms with Gasteiger partial charge in [0.15, 0.2) is 12.6 Å². The van der Waals surface area contributed by atoms with Crippen LogP contribution in [0.3, 0.4) is 0 Å². The van der Waals surface area contributed by atoms with E-state index >= 15 is 0 Å². The van der Waals surface area contributed by atoms with Crippen molar-refractivity contribution in [3.05, 3.63) is 31.3 Å². The Morgan fingerprint density at radius 3 is 1.29 bits per heavy atom. The van der Waals surface area contributed by atoms with E-state index in [1.807, 2.05) is 47.0 Å². The number of aromatic nitrogens is 2. The van der Waals surface area contributed by atoms with Crippen LogP contribution in [0.4, 0.5) is 0 Å². The molecule has 4 aliphatic rings. The van der Waals surface area contributed by atoms with E-state index in [1.165, 1.54) is 50.8 Å². The fourth-order valence-corrected chi connectivity index (χ4v) is 11.6. The lowest BCUT2D eigenvalue weighted by Crippen LogP contribution is -2.16. The van der Waals surface area contributed by atoms with Gasteiger partial charge in [0.1, 0.15) is 0 Å². The highest BCUT2D eigenvalue weighted by atomic mass is 32.2. The molecule has 0 spiro atoms. The van der Waals surface area contributed by atoms with Crippen LogP contribution >= 0.6 is 47.0 Å². The Kier molecular flexibility index (Phi) is 11.0. The second kappa shape index (κ2) is 14.7. The lowest BCUT2D eigenvalue weighted by molar-refractivity contribution is -0.122. The van der Waals surface area contributed by atoms with Gasteiger partial charge >= 0.3 is 0 Å². The van der Waals surface area contributed by atoms with Crippen molar-refractivity contribution >= 4 is 47.0 Å². The Bertz CT molecular complexity index is 1120. The maximum absolute atomic E-state index is 5.88. The largest absolute Gasteiger partial charge is 0.377 e. The smallest absolute Gasteiger partial charge is 0.157 e. The molecular weight excluding hydrogens is 613 g/mol. The van der Waals surface area contributed by atoms with Gasteiger partial charge in [-0.1, -0.05) is 47.0 Å². The molecular formula is C30H42N2O6S4. The minimum Gasteiger partial charge on any atom is -0.377 e. The van der Waals surface area contributed by atoms with Crippen molar-refractivity contribution in [1.82, 2.24) is 9.13 Å². The first-order valence-corrected chi connectivity index (χ1v) is 18.2. The van der Waals surface area contributed by atoms with Crippen molar-refractivity contribution in [3.63, 3.8) is 0 Å². The minimum absolute atomic E-state index is 0.0366. The predicted octanol–water partition coefficient (Wildman–Crippen LogP) is 7.09. The van der Waals surface area contributed by atoms with Crippen LogP contribution in [-0.4, -0.2) is 74.6 Å². The van der Waals surface area contributed by atoms with E-state index in [9.17, 15) is 0 Å². The van der Waals surface area contributed by atoms with Gasteiger partial charge in [-0.05, 0) is 40.5 Å². The molecule has 232 valence electrons. The van der Waals surface area contributed by atoms with Crippen LogP contribution < -0.4 is 0 Å². The first-order chi connectivity index (χ1) is 20.5. The quantitative estimate of drug-likeness (QED) is 0.197. The average Bonchev–Trinajstić information content (AvgIpc) is 3.82. The molecule has 0 aliphatic carbocycles. The SMILES string of the molecule is Cc1c2c(c(C)n1CCOCCOC1CCCO1)SC(=C1Sc3c(c(C)n(CCOCCOC4CCCO4)c3C)S1)S2. The lowest BCUT2D eigenvalue weighted by Gasteiger charge is -2.14. The second-order valence-corrected chi connectivity index (χ2v) is 15.4. The fourth-order valence-electron chi connectivity index (χ4n) is 5.73. The van der Waals surface area contributed by atoms with Gasteiger partial charge in [0, 0.05) is 81.5 Å². The molecule has 2 fully saturated rings. The molecule has 0 amide bonds. The first kappa shape index (κ1) is 31.4. The molecule has 0 N–H and O–H groups in total. The molecule has 12 heteroatoms. The van der Waals surface area contributed by atoms with Gasteiger partial charge in [0.2, 0.25) is 0 Å². The van der Waals surface area contributed by atoms with Crippen LogP contribution in [0.1, 0.15) is 48.5 Å². The number of fused-ring (bicyclic) bond motifs is 2. The third-order valence-corrected chi connectivity index (χ3v) is 14.2. The van der Waals surface area contributed by atoms with Crippen LogP contribution in [0, 0.1) is 27.7 Å². The van der Waals surface area contributed by atoms with E-state index in [-0.39, 0.29) is 12.6 Å². The summed E-state index contributed by atoms with van der Waals surface area (Å²) >= 11 is 7.74. The number of hydrogen-bond donors (Lipinski definition) is 0. The van der Waals surface area contributed by atoms with Crippen LogP contribution in [0.25, 0.3) is 0 Å². The monoisotopic (exact) mass is 654 g/mol. The predicted molar refractivity (Wildman–Crippen MR) is 170 cm³/mol. The van der Waals surface area contributed by atoms with Crippen molar-refractivity contribution in [2.75, 3.05) is 52.9 Å². The zero-order valence-electron chi connectivity index (χ0n) is 25.0. The van der Waals surface area contributed by atoms with E-state index in [2.05, 4.69) is 36.8 Å². The molecule has 6 heterocycles. The molecule has 0 radical (unpaired) electrons. The van der Waals surface area contributed by atoms with Gasteiger partial charge < -0.3 is 37.6 Å². The van der Waals surface area contributed by atoms with Crippen molar-refractivity contribution in [2.24, 2.45) is 0 Å². The van der Waals surface area contributed by atoms with Gasteiger partial charge in [0.25, 0.3) is 0 Å². The van der Waals surface area contributed by atoms with Crippen molar-refractivity contribution < 1.29 is 28.4 Å². The topological polar surface area (TPSA) is 65.2 Å².